The maximum Gasteiger partial charge on any atom is 0.00125 e. The minimum atomic E-state index is 0.656. The number of nitrogens with zero attached hydrogens (tertiary/aromatic N) is 1. The van der Waals surface area contributed by atoms with Crippen LogP contribution in [0.5, 0.6) is 0 Å². The first kappa shape index (κ1) is 25.6. The maximum atomic E-state index is 2.87. The molecule has 196 valence electrons. The van der Waals surface area contributed by atoms with Gasteiger partial charge in [-0.25, -0.2) is 0 Å². The topological polar surface area (TPSA) is 3.24 Å². The van der Waals surface area contributed by atoms with E-state index >= 15 is 0 Å². The van der Waals surface area contributed by atoms with E-state index in [2.05, 4.69) is 39.5 Å². The normalized spacial score (nSPS) is 46.1. The van der Waals surface area contributed by atoms with Gasteiger partial charge in [0.2, 0.25) is 0 Å². The summed E-state index contributed by atoms with van der Waals surface area (Å²) >= 11 is 0. The van der Waals surface area contributed by atoms with Crippen LogP contribution in [-0.4, -0.2) is 24.5 Å². The van der Waals surface area contributed by atoms with Gasteiger partial charge in [0.05, 0.1) is 0 Å². The van der Waals surface area contributed by atoms with E-state index in [0.717, 1.165) is 47.3 Å². The Morgan fingerprint density at radius 3 is 2.21 bits per heavy atom. The molecule has 34 heavy (non-hydrogen) atoms. The molecule has 1 heteroatoms. The summed E-state index contributed by atoms with van der Waals surface area (Å²) in [7, 11) is 0. The molecule has 4 aliphatic carbocycles. The second kappa shape index (κ2) is 10.4. The van der Waals surface area contributed by atoms with E-state index in [0.29, 0.717) is 10.8 Å². The van der Waals surface area contributed by atoms with E-state index in [-0.39, 0.29) is 0 Å². The number of fused-ring (bicyclic) bond motifs is 5. The monoisotopic (exact) mass is 469 g/mol. The summed E-state index contributed by atoms with van der Waals surface area (Å²) in [6.07, 6.45) is 22.7. The molecule has 1 heterocycles. The van der Waals surface area contributed by atoms with Crippen molar-refractivity contribution in [1.82, 2.24) is 4.90 Å². The predicted molar refractivity (Wildman–Crippen MR) is 147 cm³/mol. The molecule has 1 saturated heterocycles. The fourth-order valence-corrected chi connectivity index (χ4v) is 11.3. The molecule has 9 atom stereocenters. The quantitative estimate of drug-likeness (QED) is 0.359. The first-order chi connectivity index (χ1) is 16.3. The number of hydrogen-bond donors (Lipinski definition) is 0. The van der Waals surface area contributed by atoms with E-state index in [9.17, 15) is 0 Å². The fourth-order valence-electron chi connectivity index (χ4n) is 11.3. The molecule has 0 N–H and O–H groups in total. The van der Waals surface area contributed by atoms with Crippen molar-refractivity contribution >= 4 is 0 Å². The second-order valence-corrected chi connectivity index (χ2v) is 15.1. The molecule has 0 spiro atoms. The highest BCUT2D eigenvalue weighted by atomic mass is 15.1. The minimum Gasteiger partial charge on any atom is -0.303 e. The summed E-state index contributed by atoms with van der Waals surface area (Å²) in [6.45, 7) is 17.2. The summed E-state index contributed by atoms with van der Waals surface area (Å²) in [5, 5.41) is 0. The molecule has 0 radical (unpaired) electrons. The zero-order chi connectivity index (χ0) is 23.9. The lowest BCUT2D eigenvalue weighted by Gasteiger charge is -2.62. The summed E-state index contributed by atoms with van der Waals surface area (Å²) in [6, 6.07) is 0. The minimum absolute atomic E-state index is 0.656. The van der Waals surface area contributed by atoms with Crippen LogP contribution in [0.2, 0.25) is 0 Å². The Bertz CT molecular complexity index is 663. The number of likely N-dealkylation sites (tertiary alicyclic amines) is 1. The van der Waals surface area contributed by atoms with Gasteiger partial charge in [-0.1, -0.05) is 66.7 Å². The predicted octanol–water partition coefficient (Wildman–Crippen LogP) is 9.21. The van der Waals surface area contributed by atoms with Crippen molar-refractivity contribution in [2.75, 3.05) is 19.6 Å². The summed E-state index contributed by atoms with van der Waals surface area (Å²) in [4.78, 5) is 2.87. The fraction of sp³-hybridized carbons (Fsp3) is 1.00. The zero-order valence-electron chi connectivity index (χ0n) is 23.8. The van der Waals surface area contributed by atoms with Gasteiger partial charge in [0.15, 0.2) is 0 Å². The van der Waals surface area contributed by atoms with Crippen molar-refractivity contribution in [1.29, 1.82) is 0 Å². The van der Waals surface area contributed by atoms with E-state index in [1.807, 2.05) is 0 Å². The van der Waals surface area contributed by atoms with Gasteiger partial charge in [-0.05, 0) is 135 Å². The Balaban J connectivity index is 1.26. The van der Waals surface area contributed by atoms with Gasteiger partial charge in [-0.3, -0.25) is 0 Å². The molecule has 0 aromatic rings. The summed E-state index contributed by atoms with van der Waals surface area (Å²) in [5.74, 6) is 8.01. The van der Waals surface area contributed by atoms with Crippen molar-refractivity contribution in [2.45, 2.75) is 131 Å². The van der Waals surface area contributed by atoms with Crippen molar-refractivity contribution in [3.63, 3.8) is 0 Å². The molecule has 1 aliphatic heterocycles. The molecular weight excluding hydrogens is 410 g/mol. The Kier molecular flexibility index (Phi) is 7.81. The van der Waals surface area contributed by atoms with E-state index in [1.165, 1.54) is 71.0 Å². The Hall–Kier alpha value is -0.0400. The molecule has 1 unspecified atom stereocenters. The van der Waals surface area contributed by atoms with Gasteiger partial charge in [-0.15, -0.1) is 0 Å². The summed E-state index contributed by atoms with van der Waals surface area (Å²) in [5.41, 5.74) is 1.31. The van der Waals surface area contributed by atoms with Crippen LogP contribution in [-0.2, 0) is 0 Å². The van der Waals surface area contributed by atoms with Crippen molar-refractivity contribution in [3.8, 4) is 0 Å². The van der Waals surface area contributed by atoms with Crippen LogP contribution in [0, 0.1) is 58.2 Å². The van der Waals surface area contributed by atoms with E-state index in [1.54, 1.807) is 44.9 Å². The van der Waals surface area contributed by atoms with Gasteiger partial charge in [0, 0.05) is 6.54 Å². The Labute approximate surface area is 213 Å². The Morgan fingerprint density at radius 2 is 1.44 bits per heavy atom. The van der Waals surface area contributed by atoms with E-state index in [4.69, 9.17) is 0 Å². The lowest BCUT2D eigenvalue weighted by atomic mass is 9.43. The standard InChI is InChI=1S/C33H59N/c1-24(2)11-9-12-25(3)28-16-17-30-27-14-15-29-26(23-34-21-7-6-8-22-34)13-10-19-32(29,4)31(27)18-20-33(28,30)5/h24-31H,6-23H2,1-5H3/t25-,26?,27+,28-,29-,30+,31+,32+,33-/m1/s1. The molecule has 5 fully saturated rings. The number of rotatable bonds is 7. The molecule has 0 bridgehead atoms. The van der Waals surface area contributed by atoms with Gasteiger partial charge in [0.25, 0.3) is 0 Å². The molecule has 5 rings (SSSR count). The van der Waals surface area contributed by atoms with Crippen LogP contribution >= 0.6 is 0 Å². The molecule has 0 aromatic heterocycles. The van der Waals surface area contributed by atoms with Crippen molar-refractivity contribution < 1.29 is 0 Å². The van der Waals surface area contributed by atoms with Crippen LogP contribution in [0.4, 0.5) is 0 Å². The molecule has 1 nitrogen and oxygen atoms in total. The van der Waals surface area contributed by atoms with Crippen LogP contribution in [0.1, 0.15) is 131 Å². The van der Waals surface area contributed by atoms with Crippen LogP contribution < -0.4 is 0 Å². The van der Waals surface area contributed by atoms with Crippen molar-refractivity contribution in [2.24, 2.45) is 58.2 Å². The maximum absolute atomic E-state index is 2.87. The number of piperidine rings is 1. The molecule has 0 amide bonds. The average molecular weight is 470 g/mol. The SMILES string of the molecule is CC(C)CCC[C@@H](C)[C@H]1CC[C@H]2[C@@H]3CC[C@@H]4C(CN5CCCCC5)CCC[C@]4(C)[C@H]3CC[C@]12C. The van der Waals surface area contributed by atoms with Crippen molar-refractivity contribution in [3.05, 3.63) is 0 Å². The largest absolute Gasteiger partial charge is 0.303 e. The third kappa shape index (κ3) is 4.67. The highest BCUT2D eigenvalue weighted by molar-refractivity contribution is 5.10. The van der Waals surface area contributed by atoms with Gasteiger partial charge >= 0.3 is 0 Å². The molecule has 4 saturated carbocycles. The third-order valence-corrected chi connectivity index (χ3v) is 12.9. The first-order valence-corrected chi connectivity index (χ1v) is 16.1. The van der Waals surface area contributed by atoms with Crippen LogP contribution in [0.25, 0.3) is 0 Å². The first-order valence-electron chi connectivity index (χ1n) is 16.1. The summed E-state index contributed by atoms with van der Waals surface area (Å²) < 4.78 is 0. The zero-order valence-corrected chi connectivity index (χ0v) is 23.8. The second-order valence-electron chi connectivity index (χ2n) is 15.1. The van der Waals surface area contributed by atoms with Gasteiger partial charge < -0.3 is 4.90 Å². The van der Waals surface area contributed by atoms with Gasteiger partial charge in [0.1, 0.15) is 0 Å². The molecule has 0 aromatic carbocycles. The Morgan fingerprint density at radius 1 is 0.706 bits per heavy atom. The molecule has 5 aliphatic rings. The van der Waals surface area contributed by atoms with Crippen LogP contribution in [0.15, 0.2) is 0 Å². The average Bonchev–Trinajstić information content (AvgIpc) is 3.16. The number of hydrogen-bond acceptors (Lipinski definition) is 1. The smallest absolute Gasteiger partial charge is 0.00125 e. The third-order valence-electron chi connectivity index (χ3n) is 12.9. The van der Waals surface area contributed by atoms with Gasteiger partial charge in [-0.2, -0.15) is 0 Å². The van der Waals surface area contributed by atoms with Crippen LogP contribution in [0.3, 0.4) is 0 Å². The lowest BCUT2D eigenvalue weighted by Crippen LogP contribution is -2.55. The van der Waals surface area contributed by atoms with E-state index < -0.39 is 0 Å². The highest BCUT2D eigenvalue weighted by Gasteiger charge is 2.61. The lowest BCUT2D eigenvalue weighted by molar-refractivity contribution is -0.132. The highest BCUT2D eigenvalue weighted by Crippen LogP contribution is 2.69. The molecular formula is C33H59N.